The first-order chi connectivity index (χ1) is 16.8. The molecule has 11 heteroatoms. The molecule has 0 saturated heterocycles. The van der Waals surface area contributed by atoms with E-state index in [0.717, 1.165) is 27.8 Å². The first-order valence-corrected chi connectivity index (χ1v) is 12.3. The van der Waals surface area contributed by atoms with Gasteiger partial charge in [-0.25, -0.2) is 4.79 Å². The van der Waals surface area contributed by atoms with Crippen LogP contribution in [0.2, 0.25) is 0 Å². The number of fused-ring (bicyclic) bond motifs is 1. The fraction of sp³-hybridized carbons (Fsp3) is 0.167. The molecule has 1 unspecified atom stereocenters. The molecule has 0 aliphatic carbocycles. The van der Waals surface area contributed by atoms with Crippen molar-refractivity contribution in [1.29, 1.82) is 0 Å². The number of rotatable bonds is 9. The molecule has 180 valence electrons. The summed E-state index contributed by atoms with van der Waals surface area (Å²) in [4.78, 5) is 53.4. The number of aromatic nitrogens is 1. The number of nitrogens with one attached hydrogen (secondary N) is 4. The van der Waals surface area contributed by atoms with Crippen molar-refractivity contribution in [2.45, 2.75) is 19.5 Å². The van der Waals surface area contributed by atoms with E-state index in [1.807, 2.05) is 30.5 Å². The lowest BCUT2D eigenvalue weighted by Crippen LogP contribution is -2.48. The molecule has 0 aliphatic rings. The molecular weight excluding hydrogens is 488 g/mol. The summed E-state index contributed by atoms with van der Waals surface area (Å²) in [5.74, 6) is -2.65. The molecule has 4 aromatic rings. The van der Waals surface area contributed by atoms with Crippen LogP contribution in [0.4, 0.5) is 0 Å². The van der Waals surface area contributed by atoms with Gasteiger partial charge in [0.15, 0.2) is 0 Å². The second kappa shape index (κ2) is 10.5. The molecular formula is C24H22N4O5S2. The minimum absolute atomic E-state index is 0.235. The molecule has 4 rings (SSSR count). The zero-order valence-electron chi connectivity index (χ0n) is 18.6. The second-order valence-corrected chi connectivity index (χ2v) is 9.71. The number of carboxylic acids is 1. The summed E-state index contributed by atoms with van der Waals surface area (Å²) in [6.07, 6.45) is 1.83. The third-order valence-electron chi connectivity index (χ3n) is 5.29. The molecule has 0 saturated carbocycles. The van der Waals surface area contributed by atoms with Gasteiger partial charge in [0, 0.05) is 30.2 Å². The molecule has 1 atom stereocenters. The number of aliphatic carboxylic acids is 1. The number of carbonyl (C=O) groups excluding carboxylic acids is 3. The van der Waals surface area contributed by atoms with Gasteiger partial charge in [-0.3, -0.25) is 14.4 Å². The van der Waals surface area contributed by atoms with E-state index in [2.05, 4.69) is 20.9 Å². The Kier molecular flexibility index (Phi) is 7.28. The van der Waals surface area contributed by atoms with Crippen LogP contribution >= 0.6 is 22.7 Å². The molecule has 35 heavy (non-hydrogen) atoms. The number of benzene rings is 1. The van der Waals surface area contributed by atoms with Gasteiger partial charge in [-0.05, 0) is 47.7 Å². The molecule has 1 aromatic carbocycles. The summed E-state index contributed by atoms with van der Waals surface area (Å²) in [5, 5.41) is 20.0. The van der Waals surface area contributed by atoms with E-state index < -0.39 is 23.8 Å². The lowest BCUT2D eigenvalue weighted by atomic mass is 10.1. The quantitative estimate of drug-likeness (QED) is 0.235. The molecule has 0 radical (unpaired) electrons. The van der Waals surface area contributed by atoms with Crippen LogP contribution in [0, 0.1) is 6.92 Å². The van der Waals surface area contributed by atoms with Crippen LogP contribution in [-0.4, -0.2) is 46.4 Å². The lowest BCUT2D eigenvalue weighted by molar-refractivity contribution is -0.139. The molecule has 3 aromatic heterocycles. The largest absolute Gasteiger partial charge is 0.480 e. The first kappa shape index (κ1) is 24.2. The fourth-order valence-corrected chi connectivity index (χ4v) is 5.13. The van der Waals surface area contributed by atoms with E-state index in [1.165, 1.54) is 11.3 Å². The van der Waals surface area contributed by atoms with Crippen molar-refractivity contribution < 1.29 is 24.3 Å². The van der Waals surface area contributed by atoms with Crippen LogP contribution in [0.1, 0.15) is 40.1 Å². The Labute approximate surface area is 208 Å². The van der Waals surface area contributed by atoms with Gasteiger partial charge in [-0.15, -0.1) is 22.7 Å². The topological polar surface area (TPSA) is 140 Å². The molecule has 0 fully saturated rings. The smallest absolute Gasteiger partial charge is 0.328 e. The van der Waals surface area contributed by atoms with E-state index in [0.29, 0.717) is 21.9 Å². The normalized spacial score (nSPS) is 11.7. The highest BCUT2D eigenvalue weighted by atomic mass is 32.1. The maximum Gasteiger partial charge on any atom is 0.328 e. The van der Waals surface area contributed by atoms with Gasteiger partial charge >= 0.3 is 5.97 Å². The van der Waals surface area contributed by atoms with Gasteiger partial charge in [-0.1, -0.05) is 18.2 Å². The average molecular weight is 511 g/mol. The summed E-state index contributed by atoms with van der Waals surface area (Å²) in [6, 6.07) is 11.3. The summed E-state index contributed by atoms with van der Waals surface area (Å²) in [7, 11) is 0. The predicted octanol–water partition coefficient (Wildman–Crippen LogP) is 3.14. The Morgan fingerprint density at radius 2 is 1.80 bits per heavy atom. The molecule has 9 nitrogen and oxygen atoms in total. The predicted molar refractivity (Wildman–Crippen MR) is 134 cm³/mol. The lowest BCUT2D eigenvalue weighted by Gasteiger charge is -2.15. The summed E-state index contributed by atoms with van der Waals surface area (Å²) >= 11 is 2.21. The Morgan fingerprint density at radius 3 is 2.54 bits per heavy atom. The Balaban J connectivity index is 1.38. The first-order valence-electron chi connectivity index (χ1n) is 10.6. The zero-order valence-corrected chi connectivity index (χ0v) is 20.2. The highest BCUT2D eigenvalue weighted by Crippen LogP contribution is 2.23. The van der Waals surface area contributed by atoms with Crippen LogP contribution in [0.3, 0.4) is 0 Å². The van der Waals surface area contributed by atoms with Crippen LogP contribution in [0.5, 0.6) is 0 Å². The standard InChI is InChI=1S/C24H22N4O5S2/c1-13-10-19(22(30)26-11-14-4-2-5-16-15(14)7-8-25-16)35-20(13)23(31)28-17(24(32)33)12-27-21(29)18-6-3-9-34-18/h2-10,17,25H,11-12H2,1H3,(H,26,30)(H,27,29)(H,28,31)(H,32,33). The van der Waals surface area contributed by atoms with E-state index in [9.17, 15) is 24.3 Å². The highest BCUT2D eigenvalue weighted by molar-refractivity contribution is 7.16. The number of aromatic amines is 1. The Morgan fingerprint density at radius 1 is 1.00 bits per heavy atom. The van der Waals surface area contributed by atoms with E-state index in [-0.39, 0.29) is 17.3 Å². The van der Waals surface area contributed by atoms with Gasteiger partial charge in [0.2, 0.25) is 0 Å². The SMILES string of the molecule is Cc1cc(C(=O)NCc2cccc3[nH]ccc23)sc1C(=O)NC(CNC(=O)c1cccs1)C(=O)O. The number of amides is 3. The summed E-state index contributed by atoms with van der Waals surface area (Å²) in [5.41, 5.74) is 2.48. The van der Waals surface area contributed by atoms with Crippen molar-refractivity contribution in [3.05, 3.63) is 79.8 Å². The average Bonchev–Trinajstić information content (AvgIpc) is 3.60. The number of carboxylic acid groups (broad SMARTS) is 1. The monoisotopic (exact) mass is 510 g/mol. The van der Waals surface area contributed by atoms with Crippen LogP contribution in [0.25, 0.3) is 10.9 Å². The van der Waals surface area contributed by atoms with Crippen LogP contribution in [-0.2, 0) is 11.3 Å². The third kappa shape index (κ3) is 5.58. The van der Waals surface area contributed by atoms with Gasteiger partial charge in [0.1, 0.15) is 6.04 Å². The van der Waals surface area contributed by atoms with Crippen molar-refractivity contribution in [1.82, 2.24) is 20.9 Å². The molecule has 0 spiro atoms. The minimum atomic E-state index is -1.33. The maximum absolute atomic E-state index is 12.8. The van der Waals surface area contributed by atoms with Gasteiger partial charge in [0.25, 0.3) is 17.7 Å². The van der Waals surface area contributed by atoms with Crippen molar-refractivity contribution in [3.8, 4) is 0 Å². The van der Waals surface area contributed by atoms with Crippen LogP contribution < -0.4 is 16.0 Å². The van der Waals surface area contributed by atoms with Crippen molar-refractivity contribution in [2.24, 2.45) is 0 Å². The summed E-state index contributed by atoms with van der Waals surface area (Å²) < 4.78 is 0. The second-order valence-electron chi connectivity index (χ2n) is 7.71. The van der Waals surface area contributed by atoms with Gasteiger partial charge in [-0.2, -0.15) is 0 Å². The molecule has 3 amide bonds. The number of hydrogen-bond acceptors (Lipinski definition) is 6. The zero-order chi connectivity index (χ0) is 24.9. The number of hydrogen-bond donors (Lipinski definition) is 5. The van der Waals surface area contributed by atoms with Crippen molar-refractivity contribution in [2.75, 3.05) is 6.54 Å². The Hall–Kier alpha value is -3.96. The number of aryl methyl sites for hydroxylation is 1. The molecule has 0 bridgehead atoms. The molecule has 3 heterocycles. The Bertz CT molecular complexity index is 1390. The van der Waals surface area contributed by atoms with Crippen LogP contribution in [0.15, 0.2) is 54.0 Å². The van der Waals surface area contributed by atoms with E-state index in [4.69, 9.17) is 0 Å². The van der Waals surface area contributed by atoms with Gasteiger partial charge in [0.05, 0.1) is 14.6 Å². The molecule has 5 N–H and O–H groups in total. The highest BCUT2D eigenvalue weighted by Gasteiger charge is 2.25. The molecule has 0 aliphatic heterocycles. The summed E-state index contributed by atoms with van der Waals surface area (Å²) in [6.45, 7) is 1.72. The van der Waals surface area contributed by atoms with Crippen molar-refractivity contribution >= 4 is 57.3 Å². The van der Waals surface area contributed by atoms with Crippen molar-refractivity contribution in [3.63, 3.8) is 0 Å². The third-order valence-corrected chi connectivity index (χ3v) is 7.39. The maximum atomic E-state index is 12.8. The van der Waals surface area contributed by atoms with E-state index in [1.54, 1.807) is 30.5 Å². The minimum Gasteiger partial charge on any atom is -0.480 e. The fourth-order valence-electron chi connectivity index (χ4n) is 3.50. The number of H-pyrrole nitrogens is 1. The number of carbonyl (C=O) groups is 4. The van der Waals surface area contributed by atoms with E-state index >= 15 is 0 Å². The number of thiophene rings is 2. The van der Waals surface area contributed by atoms with Gasteiger partial charge < -0.3 is 26.0 Å².